The first-order valence-corrected chi connectivity index (χ1v) is 9.97. The molecule has 0 bridgehead atoms. The molecular weight excluding hydrogens is 374 g/mol. The van der Waals surface area contributed by atoms with Crippen LogP contribution in [0.2, 0.25) is 0 Å². The fourth-order valence-corrected chi connectivity index (χ4v) is 4.65. The van der Waals surface area contributed by atoms with Crippen LogP contribution in [0.25, 0.3) is 0 Å². The standard InChI is InChI=1S/C17H19N3O4S2/c1-3-10-20(26(23,24)16-5-4-11-25-16)12-15(21)19-14-8-6-13(7-9-14)17(22)18-2/h3-9,11H,1,10,12H2,2H3,(H,18,22)(H,19,21). The third-order valence-electron chi connectivity index (χ3n) is 3.40. The molecule has 26 heavy (non-hydrogen) atoms. The number of rotatable bonds is 8. The summed E-state index contributed by atoms with van der Waals surface area (Å²) in [5, 5.41) is 6.79. The van der Waals surface area contributed by atoms with Crippen molar-refractivity contribution in [1.29, 1.82) is 0 Å². The Balaban J connectivity index is 2.08. The second-order valence-electron chi connectivity index (χ2n) is 5.22. The van der Waals surface area contributed by atoms with Crippen LogP contribution in [0, 0.1) is 0 Å². The molecule has 138 valence electrons. The molecule has 0 aliphatic carbocycles. The number of benzene rings is 1. The van der Waals surface area contributed by atoms with Crippen LogP contribution in [0.3, 0.4) is 0 Å². The molecule has 7 nitrogen and oxygen atoms in total. The van der Waals surface area contributed by atoms with E-state index in [0.29, 0.717) is 11.3 Å². The summed E-state index contributed by atoms with van der Waals surface area (Å²) in [5.41, 5.74) is 0.925. The third kappa shape index (κ3) is 4.78. The Kier molecular flexibility index (Phi) is 6.67. The van der Waals surface area contributed by atoms with E-state index in [9.17, 15) is 18.0 Å². The molecular formula is C17H19N3O4S2. The lowest BCUT2D eigenvalue weighted by Crippen LogP contribution is -2.37. The van der Waals surface area contributed by atoms with Crippen LogP contribution in [0.15, 0.2) is 58.6 Å². The number of nitrogens with zero attached hydrogens (tertiary/aromatic N) is 1. The summed E-state index contributed by atoms with van der Waals surface area (Å²) in [6.07, 6.45) is 1.43. The van der Waals surface area contributed by atoms with Crippen LogP contribution in [0.5, 0.6) is 0 Å². The van der Waals surface area contributed by atoms with Crippen molar-refractivity contribution in [2.45, 2.75) is 4.21 Å². The van der Waals surface area contributed by atoms with Gasteiger partial charge in [0.05, 0.1) is 6.54 Å². The van der Waals surface area contributed by atoms with Crippen molar-refractivity contribution in [2.24, 2.45) is 0 Å². The quantitative estimate of drug-likeness (QED) is 0.670. The van der Waals surface area contributed by atoms with Gasteiger partial charge in [0, 0.05) is 24.8 Å². The van der Waals surface area contributed by atoms with Gasteiger partial charge in [0.25, 0.3) is 15.9 Å². The molecule has 2 rings (SSSR count). The molecule has 1 aromatic heterocycles. The van der Waals surface area contributed by atoms with Crippen LogP contribution in [0.4, 0.5) is 5.69 Å². The van der Waals surface area contributed by atoms with E-state index in [1.807, 2.05) is 0 Å². The molecule has 2 amide bonds. The van der Waals surface area contributed by atoms with E-state index >= 15 is 0 Å². The Labute approximate surface area is 156 Å². The second-order valence-corrected chi connectivity index (χ2v) is 8.34. The van der Waals surface area contributed by atoms with Crippen molar-refractivity contribution in [3.63, 3.8) is 0 Å². The van der Waals surface area contributed by atoms with Crippen molar-refractivity contribution in [3.05, 3.63) is 60.0 Å². The number of carbonyl (C=O) groups is 2. The zero-order valence-corrected chi connectivity index (χ0v) is 15.8. The number of amides is 2. The third-order valence-corrected chi connectivity index (χ3v) is 6.58. The van der Waals surface area contributed by atoms with E-state index < -0.39 is 15.9 Å². The average molecular weight is 393 g/mol. The Morgan fingerprint density at radius 3 is 2.46 bits per heavy atom. The van der Waals surface area contributed by atoms with E-state index in [1.165, 1.54) is 19.2 Å². The first kappa shape index (κ1) is 19.8. The number of hydrogen-bond acceptors (Lipinski definition) is 5. The zero-order chi connectivity index (χ0) is 19.2. The summed E-state index contributed by atoms with van der Waals surface area (Å²) < 4.78 is 26.4. The molecule has 2 aromatic rings. The molecule has 0 spiro atoms. The lowest BCUT2D eigenvalue weighted by atomic mass is 10.2. The molecule has 0 atom stereocenters. The predicted octanol–water partition coefficient (Wildman–Crippen LogP) is 1.92. The smallest absolute Gasteiger partial charge is 0.253 e. The van der Waals surface area contributed by atoms with Crippen molar-refractivity contribution < 1.29 is 18.0 Å². The zero-order valence-electron chi connectivity index (χ0n) is 14.1. The summed E-state index contributed by atoms with van der Waals surface area (Å²) in [5.74, 6) is -0.721. The van der Waals surface area contributed by atoms with Crippen molar-refractivity contribution in [3.8, 4) is 0 Å². The van der Waals surface area contributed by atoms with E-state index in [2.05, 4.69) is 17.2 Å². The van der Waals surface area contributed by atoms with Gasteiger partial charge >= 0.3 is 0 Å². The predicted molar refractivity (Wildman–Crippen MR) is 102 cm³/mol. The van der Waals surface area contributed by atoms with Gasteiger partial charge in [-0.1, -0.05) is 12.1 Å². The van der Waals surface area contributed by atoms with Gasteiger partial charge in [0.2, 0.25) is 5.91 Å². The van der Waals surface area contributed by atoms with E-state index in [4.69, 9.17) is 0 Å². The van der Waals surface area contributed by atoms with Crippen LogP contribution < -0.4 is 10.6 Å². The molecule has 1 heterocycles. The second kappa shape index (κ2) is 8.75. The van der Waals surface area contributed by atoms with Gasteiger partial charge in [-0.3, -0.25) is 9.59 Å². The van der Waals surface area contributed by atoms with Gasteiger partial charge in [-0.05, 0) is 35.7 Å². The fourth-order valence-electron chi connectivity index (χ4n) is 2.14. The largest absolute Gasteiger partial charge is 0.355 e. The minimum Gasteiger partial charge on any atom is -0.355 e. The van der Waals surface area contributed by atoms with Crippen LogP contribution >= 0.6 is 11.3 Å². The Bertz CT molecular complexity index is 875. The average Bonchev–Trinajstić information content (AvgIpc) is 3.17. The van der Waals surface area contributed by atoms with Gasteiger partial charge in [-0.15, -0.1) is 17.9 Å². The van der Waals surface area contributed by atoms with Gasteiger partial charge in [0.15, 0.2) is 0 Å². The lowest BCUT2D eigenvalue weighted by Gasteiger charge is -2.19. The van der Waals surface area contributed by atoms with E-state index in [0.717, 1.165) is 15.6 Å². The van der Waals surface area contributed by atoms with Crippen molar-refractivity contribution in [2.75, 3.05) is 25.5 Å². The van der Waals surface area contributed by atoms with Gasteiger partial charge in [-0.25, -0.2) is 8.42 Å². The highest BCUT2D eigenvalue weighted by Crippen LogP contribution is 2.21. The SMILES string of the molecule is C=CCN(CC(=O)Nc1ccc(C(=O)NC)cc1)S(=O)(=O)c1cccs1. The van der Waals surface area contributed by atoms with Crippen LogP contribution in [-0.2, 0) is 14.8 Å². The molecule has 0 radical (unpaired) electrons. The molecule has 0 fully saturated rings. The van der Waals surface area contributed by atoms with Gasteiger partial charge in [-0.2, -0.15) is 4.31 Å². The number of anilines is 1. The summed E-state index contributed by atoms with van der Waals surface area (Å²) in [4.78, 5) is 23.8. The maximum atomic E-state index is 12.6. The highest BCUT2D eigenvalue weighted by molar-refractivity contribution is 7.91. The summed E-state index contributed by atoms with van der Waals surface area (Å²) in [7, 11) is -2.23. The molecule has 1 aromatic carbocycles. The highest BCUT2D eigenvalue weighted by atomic mass is 32.2. The Hall–Kier alpha value is -2.49. The van der Waals surface area contributed by atoms with Gasteiger partial charge < -0.3 is 10.6 Å². The molecule has 0 aliphatic heterocycles. The van der Waals surface area contributed by atoms with E-state index in [-0.39, 0.29) is 23.2 Å². The van der Waals surface area contributed by atoms with Gasteiger partial charge in [0.1, 0.15) is 4.21 Å². The molecule has 9 heteroatoms. The summed E-state index contributed by atoms with van der Waals surface area (Å²) in [6.45, 7) is 3.22. The number of sulfonamides is 1. The molecule has 2 N–H and O–H groups in total. The monoisotopic (exact) mass is 393 g/mol. The maximum Gasteiger partial charge on any atom is 0.253 e. The normalized spacial score (nSPS) is 11.2. The number of carbonyl (C=O) groups excluding carboxylic acids is 2. The van der Waals surface area contributed by atoms with Crippen molar-refractivity contribution >= 4 is 38.9 Å². The van der Waals surface area contributed by atoms with Crippen molar-refractivity contribution in [1.82, 2.24) is 9.62 Å². The fraction of sp³-hybridized carbons (Fsp3) is 0.176. The molecule has 0 unspecified atom stereocenters. The minimum absolute atomic E-state index is 0.0171. The first-order valence-electron chi connectivity index (χ1n) is 7.65. The molecule has 0 saturated carbocycles. The highest BCUT2D eigenvalue weighted by Gasteiger charge is 2.26. The minimum atomic E-state index is -3.76. The number of hydrogen-bond donors (Lipinski definition) is 2. The first-order chi connectivity index (χ1) is 12.4. The Morgan fingerprint density at radius 1 is 1.23 bits per heavy atom. The Morgan fingerprint density at radius 2 is 1.92 bits per heavy atom. The number of thiophene rings is 1. The van der Waals surface area contributed by atoms with E-state index in [1.54, 1.807) is 35.7 Å². The number of nitrogens with one attached hydrogen (secondary N) is 2. The summed E-state index contributed by atoms with van der Waals surface area (Å²) >= 11 is 1.09. The topological polar surface area (TPSA) is 95.6 Å². The van der Waals surface area contributed by atoms with Crippen LogP contribution in [-0.4, -0.2) is 44.7 Å². The molecule has 0 aliphatic rings. The van der Waals surface area contributed by atoms with Crippen LogP contribution in [0.1, 0.15) is 10.4 Å². The molecule has 0 saturated heterocycles. The maximum absolute atomic E-state index is 12.6. The lowest BCUT2D eigenvalue weighted by molar-refractivity contribution is -0.116. The summed E-state index contributed by atoms with van der Waals surface area (Å²) in [6, 6.07) is 9.42.